The van der Waals surface area contributed by atoms with Gasteiger partial charge in [0.15, 0.2) is 9.84 Å². The van der Waals surface area contributed by atoms with Crippen LogP contribution in [-0.2, 0) is 24.2 Å². The molecule has 200 valence electrons. The minimum atomic E-state index is -4.96. The highest BCUT2D eigenvalue weighted by atomic mass is 32.2. The lowest BCUT2D eigenvalue weighted by Crippen LogP contribution is -2.56. The van der Waals surface area contributed by atoms with Gasteiger partial charge in [0.25, 0.3) is 5.91 Å². The predicted octanol–water partition coefficient (Wildman–Crippen LogP) is 1.95. The summed E-state index contributed by atoms with van der Waals surface area (Å²) in [6.45, 7) is 1.50. The molecule has 2 aliphatic rings. The molecule has 13 heteroatoms. The second-order valence-electron chi connectivity index (χ2n) is 9.35. The van der Waals surface area contributed by atoms with Crippen LogP contribution in [0.1, 0.15) is 50.6 Å². The molecule has 2 aliphatic carbocycles. The summed E-state index contributed by atoms with van der Waals surface area (Å²) in [5, 5.41) is 6.80. The molecule has 3 atom stereocenters. The first-order valence-electron chi connectivity index (χ1n) is 11.7. The van der Waals surface area contributed by atoms with E-state index < -0.39 is 68.9 Å². The number of halogens is 4. The van der Waals surface area contributed by atoms with Crippen molar-refractivity contribution >= 4 is 27.4 Å². The third-order valence-corrected chi connectivity index (χ3v) is 7.82. The van der Waals surface area contributed by atoms with E-state index in [1.54, 1.807) is 0 Å². The monoisotopic (exact) mass is 535 g/mol. The molecule has 0 heterocycles. The predicted molar refractivity (Wildman–Crippen MR) is 122 cm³/mol. The highest BCUT2D eigenvalue weighted by Gasteiger charge is 2.44. The number of amides is 2. The first kappa shape index (κ1) is 28.0. The van der Waals surface area contributed by atoms with Gasteiger partial charge >= 0.3 is 6.18 Å². The number of nitrogens with one attached hydrogen (secondary N) is 3. The summed E-state index contributed by atoms with van der Waals surface area (Å²) in [7, 11) is -3.94. The van der Waals surface area contributed by atoms with E-state index in [-0.39, 0.29) is 24.1 Å². The second kappa shape index (κ2) is 11.2. The lowest BCUT2D eigenvalue weighted by molar-refractivity contribution is -0.160. The Hall–Kier alpha value is -2.54. The smallest absolute Gasteiger partial charge is 0.347 e. The number of carbonyl (C=O) groups excluding carboxylic acids is 3. The van der Waals surface area contributed by atoms with E-state index in [1.165, 1.54) is 6.92 Å². The van der Waals surface area contributed by atoms with E-state index in [9.17, 15) is 40.4 Å². The summed E-state index contributed by atoms with van der Waals surface area (Å²) >= 11 is 0. The molecular formula is C23H29F4N3O5S. The van der Waals surface area contributed by atoms with E-state index in [1.807, 2.05) is 0 Å². The Kier molecular flexibility index (Phi) is 8.75. The zero-order valence-electron chi connectivity index (χ0n) is 19.6. The average molecular weight is 536 g/mol. The van der Waals surface area contributed by atoms with Gasteiger partial charge in [-0.05, 0) is 55.7 Å². The van der Waals surface area contributed by atoms with Gasteiger partial charge in [-0.3, -0.25) is 19.7 Å². The molecule has 2 fully saturated rings. The van der Waals surface area contributed by atoms with Crippen molar-refractivity contribution < 1.29 is 40.4 Å². The maximum absolute atomic E-state index is 13.9. The van der Waals surface area contributed by atoms with Crippen molar-refractivity contribution in [3.8, 4) is 0 Å². The van der Waals surface area contributed by atoms with Crippen LogP contribution >= 0.6 is 0 Å². The number of rotatable bonds is 13. The van der Waals surface area contributed by atoms with E-state index in [0.29, 0.717) is 12.8 Å². The standard InChI is InChI=1S/C23H29F4N3O5S/c1-2-17(19(31)22(33)28-16-9-10-16)30-21(32)18(12-36(34,35)11-13-3-4-13)29-20(23(25,26)27)14-5-7-15(24)8-6-14/h5-8,13,16-18,20,29H,2-4,9-12H2,1H3,(H,28,33)(H,30,32)/t17?,18?,20-/m0/s1. The molecule has 0 aliphatic heterocycles. The SMILES string of the molecule is CCC(NC(=O)C(CS(=O)(=O)CC1CC1)N[C@@H](c1ccc(F)cc1)C(F)(F)F)C(=O)C(=O)NC1CC1. The fourth-order valence-electron chi connectivity index (χ4n) is 3.67. The van der Waals surface area contributed by atoms with Crippen LogP contribution in [0.25, 0.3) is 0 Å². The summed E-state index contributed by atoms with van der Waals surface area (Å²) in [4.78, 5) is 37.7. The van der Waals surface area contributed by atoms with Crippen molar-refractivity contribution in [3.05, 3.63) is 35.6 Å². The van der Waals surface area contributed by atoms with E-state index in [4.69, 9.17) is 0 Å². The summed E-state index contributed by atoms with van der Waals surface area (Å²) in [6, 6.07) is -2.44. The van der Waals surface area contributed by atoms with Crippen LogP contribution in [0.5, 0.6) is 0 Å². The molecule has 2 unspecified atom stereocenters. The van der Waals surface area contributed by atoms with Crippen LogP contribution in [0.15, 0.2) is 24.3 Å². The van der Waals surface area contributed by atoms with Crippen molar-refractivity contribution in [3.63, 3.8) is 0 Å². The van der Waals surface area contributed by atoms with Gasteiger partial charge in [-0.25, -0.2) is 12.8 Å². The molecule has 0 aromatic heterocycles. The molecule has 0 spiro atoms. The molecular weight excluding hydrogens is 506 g/mol. The van der Waals surface area contributed by atoms with E-state index in [2.05, 4.69) is 16.0 Å². The Bertz CT molecular complexity index is 1070. The van der Waals surface area contributed by atoms with Crippen LogP contribution in [0.2, 0.25) is 0 Å². The molecule has 36 heavy (non-hydrogen) atoms. The number of sulfone groups is 1. The number of hydrogen-bond acceptors (Lipinski definition) is 6. The fraction of sp³-hybridized carbons (Fsp3) is 0.609. The van der Waals surface area contributed by atoms with Crippen molar-refractivity contribution in [1.82, 2.24) is 16.0 Å². The Labute approximate surface area is 206 Å². The van der Waals surface area contributed by atoms with Gasteiger partial charge < -0.3 is 10.6 Å². The molecule has 8 nitrogen and oxygen atoms in total. The molecule has 0 saturated heterocycles. The van der Waals surface area contributed by atoms with E-state index >= 15 is 0 Å². The van der Waals surface area contributed by atoms with Gasteiger partial charge in [-0.1, -0.05) is 19.1 Å². The normalized spacial score (nSPS) is 18.7. The van der Waals surface area contributed by atoms with Crippen molar-refractivity contribution in [2.24, 2.45) is 5.92 Å². The third-order valence-electron chi connectivity index (χ3n) is 6.00. The Balaban J connectivity index is 1.82. The summed E-state index contributed by atoms with van der Waals surface area (Å²) in [6.07, 6.45) is -2.21. The zero-order chi connectivity index (χ0) is 26.7. The third kappa shape index (κ3) is 8.26. The Morgan fingerprint density at radius 2 is 1.64 bits per heavy atom. The zero-order valence-corrected chi connectivity index (χ0v) is 20.4. The highest BCUT2D eigenvalue weighted by Crippen LogP contribution is 2.34. The van der Waals surface area contributed by atoms with Gasteiger partial charge in [0.2, 0.25) is 11.7 Å². The molecule has 0 radical (unpaired) electrons. The number of carbonyl (C=O) groups is 3. The quantitative estimate of drug-likeness (QED) is 0.262. The Morgan fingerprint density at radius 3 is 2.14 bits per heavy atom. The minimum Gasteiger partial charge on any atom is -0.347 e. The van der Waals surface area contributed by atoms with Crippen molar-refractivity contribution in [1.29, 1.82) is 0 Å². The van der Waals surface area contributed by atoms with E-state index in [0.717, 1.165) is 37.1 Å². The maximum Gasteiger partial charge on any atom is 0.407 e. The molecule has 1 aromatic rings. The largest absolute Gasteiger partial charge is 0.407 e. The summed E-state index contributed by atoms with van der Waals surface area (Å²) in [5.41, 5.74) is -0.423. The lowest BCUT2D eigenvalue weighted by Gasteiger charge is -2.28. The maximum atomic E-state index is 13.9. The number of Topliss-reactive ketones (excluding diaryl/α,β-unsaturated/α-hetero) is 1. The van der Waals surface area contributed by atoms with Crippen LogP contribution in [-0.4, -0.2) is 61.8 Å². The van der Waals surface area contributed by atoms with Crippen LogP contribution in [0.3, 0.4) is 0 Å². The van der Waals surface area contributed by atoms with Gasteiger partial charge in [0.1, 0.15) is 17.9 Å². The average Bonchev–Trinajstić information content (AvgIpc) is 3.72. The number of alkyl halides is 3. The van der Waals surface area contributed by atoms with Crippen LogP contribution in [0, 0.1) is 11.7 Å². The number of benzene rings is 1. The molecule has 2 amide bonds. The topological polar surface area (TPSA) is 121 Å². The first-order chi connectivity index (χ1) is 16.8. The van der Waals surface area contributed by atoms with Crippen molar-refractivity contribution in [2.45, 2.75) is 69.4 Å². The molecule has 2 saturated carbocycles. The second-order valence-corrected chi connectivity index (χ2v) is 11.5. The van der Waals surface area contributed by atoms with Crippen LogP contribution in [0.4, 0.5) is 17.6 Å². The van der Waals surface area contributed by atoms with Gasteiger partial charge in [0, 0.05) is 6.04 Å². The number of ketones is 1. The lowest BCUT2D eigenvalue weighted by atomic mass is 10.0. The minimum absolute atomic E-state index is 0.0368. The van der Waals surface area contributed by atoms with Gasteiger partial charge in [-0.15, -0.1) is 0 Å². The molecule has 0 bridgehead atoms. The molecule has 1 aromatic carbocycles. The first-order valence-corrected chi connectivity index (χ1v) is 13.5. The van der Waals surface area contributed by atoms with Gasteiger partial charge in [0.05, 0.1) is 17.5 Å². The Morgan fingerprint density at radius 1 is 1.03 bits per heavy atom. The highest BCUT2D eigenvalue weighted by molar-refractivity contribution is 7.91. The molecule has 3 rings (SSSR count). The fourth-order valence-corrected chi connectivity index (χ4v) is 5.61. The number of hydrogen-bond donors (Lipinski definition) is 3. The van der Waals surface area contributed by atoms with Crippen LogP contribution < -0.4 is 16.0 Å². The van der Waals surface area contributed by atoms with Crippen molar-refractivity contribution in [2.75, 3.05) is 11.5 Å². The summed E-state index contributed by atoms with van der Waals surface area (Å²) in [5.74, 6) is -5.14. The summed E-state index contributed by atoms with van der Waals surface area (Å²) < 4.78 is 80.4. The van der Waals surface area contributed by atoms with Gasteiger partial charge in [-0.2, -0.15) is 13.2 Å². The molecule has 3 N–H and O–H groups in total.